The number of halogens is 1. The van der Waals surface area contributed by atoms with E-state index in [1.54, 1.807) is 6.07 Å². The molecule has 2 heterocycles. The van der Waals surface area contributed by atoms with Gasteiger partial charge in [0.1, 0.15) is 16.5 Å². The molecule has 17 heavy (non-hydrogen) atoms. The van der Waals surface area contributed by atoms with Crippen molar-refractivity contribution in [2.24, 2.45) is 0 Å². The highest BCUT2D eigenvalue weighted by Gasteiger charge is 2.20. The fourth-order valence-electron chi connectivity index (χ4n) is 1.45. The van der Waals surface area contributed by atoms with Crippen LogP contribution in [-0.4, -0.2) is 21.2 Å². The zero-order valence-corrected chi connectivity index (χ0v) is 9.88. The van der Waals surface area contributed by atoms with Crippen molar-refractivity contribution in [2.75, 3.05) is 0 Å². The summed E-state index contributed by atoms with van der Waals surface area (Å²) in [6.45, 7) is 0.754. The monoisotopic (exact) mass is 250 g/mol. The summed E-state index contributed by atoms with van der Waals surface area (Å²) in [4.78, 5) is 3.98. The van der Waals surface area contributed by atoms with Gasteiger partial charge in [-0.1, -0.05) is 11.3 Å². The van der Waals surface area contributed by atoms with E-state index in [0.29, 0.717) is 11.7 Å². The molecule has 0 amide bonds. The molecule has 1 aliphatic carbocycles. The van der Waals surface area contributed by atoms with Gasteiger partial charge in [-0.3, -0.25) is 4.98 Å². The van der Waals surface area contributed by atoms with Crippen LogP contribution in [0.4, 0.5) is 4.39 Å². The molecule has 0 unspecified atom stereocenters. The lowest BCUT2D eigenvalue weighted by molar-refractivity contribution is 0.622. The molecule has 1 N–H and O–H groups in total. The van der Waals surface area contributed by atoms with Crippen LogP contribution in [0.25, 0.3) is 10.7 Å². The number of nitrogens with zero attached hydrogens (tertiary/aromatic N) is 3. The Balaban J connectivity index is 1.72. The van der Waals surface area contributed by atoms with Crippen molar-refractivity contribution in [3.8, 4) is 10.7 Å². The Labute approximate surface area is 102 Å². The van der Waals surface area contributed by atoms with Crippen molar-refractivity contribution in [2.45, 2.75) is 25.4 Å². The fraction of sp³-hybridized carbons (Fsp3) is 0.364. The lowest BCUT2D eigenvalue weighted by Crippen LogP contribution is -2.14. The summed E-state index contributed by atoms with van der Waals surface area (Å²) in [5, 5.41) is 13.2. The molecule has 4 nitrogen and oxygen atoms in total. The minimum Gasteiger partial charge on any atom is -0.308 e. The first-order valence-electron chi connectivity index (χ1n) is 5.49. The Hall–Kier alpha value is -1.40. The molecule has 6 heteroatoms. The molecule has 0 aliphatic heterocycles. The molecule has 0 radical (unpaired) electrons. The van der Waals surface area contributed by atoms with Gasteiger partial charge in [0.15, 0.2) is 5.01 Å². The van der Waals surface area contributed by atoms with Gasteiger partial charge in [0.05, 0.1) is 6.20 Å². The van der Waals surface area contributed by atoms with E-state index in [0.717, 1.165) is 16.6 Å². The van der Waals surface area contributed by atoms with E-state index >= 15 is 0 Å². The highest BCUT2D eigenvalue weighted by atomic mass is 32.1. The average Bonchev–Trinajstić information content (AvgIpc) is 3.06. The molecule has 3 rings (SSSR count). The number of nitrogens with one attached hydrogen (secondary N) is 1. The Morgan fingerprint density at radius 3 is 2.94 bits per heavy atom. The molecule has 0 aromatic carbocycles. The van der Waals surface area contributed by atoms with E-state index in [-0.39, 0.29) is 5.82 Å². The topological polar surface area (TPSA) is 50.7 Å². The smallest absolute Gasteiger partial charge is 0.166 e. The predicted molar refractivity (Wildman–Crippen MR) is 63.0 cm³/mol. The second-order valence-electron chi connectivity index (χ2n) is 4.02. The van der Waals surface area contributed by atoms with Gasteiger partial charge in [0, 0.05) is 12.6 Å². The van der Waals surface area contributed by atoms with Crippen molar-refractivity contribution in [1.82, 2.24) is 20.5 Å². The van der Waals surface area contributed by atoms with E-state index in [9.17, 15) is 4.39 Å². The van der Waals surface area contributed by atoms with Gasteiger partial charge in [-0.15, -0.1) is 10.2 Å². The molecule has 0 bridgehead atoms. The first-order chi connectivity index (χ1) is 8.31. The Morgan fingerprint density at radius 1 is 1.35 bits per heavy atom. The second-order valence-corrected chi connectivity index (χ2v) is 5.08. The molecule has 2 aromatic rings. The van der Waals surface area contributed by atoms with Gasteiger partial charge in [-0.25, -0.2) is 4.39 Å². The molecule has 2 aromatic heterocycles. The Bertz CT molecular complexity index is 506. The minimum absolute atomic E-state index is 0.339. The lowest BCUT2D eigenvalue weighted by Gasteiger charge is -1.95. The Morgan fingerprint density at radius 2 is 2.24 bits per heavy atom. The van der Waals surface area contributed by atoms with E-state index in [1.807, 2.05) is 0 Å². The highest BCUT2D eigenvalue weighted by molar-refractivity contribution is 7.14. The molecule has 0 atom stereocenters. The predicted octanol–water partition coefficient (Wildman–Crippen LogP) is 1.99. The number of rotatable bonds is 4. The van der Waals surface area contributed by atoms with Crippen molar-refractivity contribution < 1.29 is 4.39 Å². The van der Waals surface area contributed by atoms with E-state index in [1.165, 1.54) is 36.4 Å². The minimum atomic E-state index is -0.339. The van der Waals surface area contributed by atoms with E-state index < -0.39 is 0 Å². The zero-order chi connectivity index (χ0) is 11.7. The van der Waals surface area contributed by atoms with Gasteiger partial charge >= 0.3 is 0 Å². The Kier molecular flexibility index (Phi) is 2.82. The third-order valence-electron chi connectivity index (χ3n) is 2.53. The van der Waals surface area contributed by atoms with Crippen LogP contribution in [-0.2, 0) is 6.54 Å². The number of hydrogen-bond acceptors (Lipinski definition) is 5. The maximum Gasteiger partial charge on any atom is 0.166 e. The highest BCUT2D eigenvalue weighted by Crippen LogP contribution is 2.23. The number of aromatic nitrogens is 3. The molecule has 1 fully saturated rings. The molecule has 0 saturated heterocycles. The van der Waals surface area contributed by atoms with Crippen LogP contribution in [0.2, 0.25) is 0 Å². The SMILES string of the molecule is Fc1ccc(-c2nnc(CNC3CC3)s2)nc1. The molecule has 1 aliphatic rings. The zero-order valence-electron chi connectivity index (χ0n) is 9.06. The summed E-state index contributed by atoms with van der Waals surface area (Å²) >= 11 is 1.49. The first kappa shape index (κ1) is 10.7. The first-order valence-corrected chi connectivity index (χ1v) is 6.30. The maximum atomic E-state index is 12.7. The summed E-state index contributed by atoms with van der Waals surface area (Å²) in [5.74, 6) is -0.339. The second kappa shape index (κ2) is 4.46. The van der Waals surface area contributed by atoms with Crippen LogP contribution in [0.1, 0.15) is 17.8 Å². The molecule has 1 saturated carbocycles. The summed E-state index contributed by atoms with van der Waals surface area (Å²) in [5.41, 5.74) is 0.668. The van der Waals surface area contributed by atoms with Crippen LogP contribution in [0.15, 0.2) is 18.3 Å². The normalized spacial score (nSPS) is 15.1. The van der Waals surface area contributed by atoms with Crippen LogP contribution in [0.3, 0.4) is 0 Å². The average molecular weight is 250 g/mol. The molecular formula is C11H11FN4S. The number of pyridine rings is 1. The van der Waals surface area contributed by atoms with Crippen molar-refractivity contribution in [3.63, 3.8) is 0 Å². The van der Waals surface area contributed by atoms with Gasteiger partial charge in [0.25, 0.3) is 0 Å². The number of hydrogen-bond donors (Lipinski definition) is 1. The summed E-state index contributed by atoms with van der Waals surface area (Å²) in [6.07, 6.45) is 3.70. The largest absolute Gasteiger partial charge is 0.308 e. The van der Waals surface area contributed by atoms with Gasteiger partial charge in [0.2, 0.25) is 0 Å². The van der Waals surface area contributed by atoms with Crippen molar-refractivity contribution >= 4 is 11.3 Å². The van der Waals surface area contributed by atoms with E-state index in [2.05, 4.69) is 20.5 Å². The fourth-order valence-corrected chi connectivity index (χ4v) is 2.22. The third kappa shape index (κ3) is 2.65. The van der Waals surface area contributed by atoms with Crippen molar-refractivity contribution in [3.05, 3.63) is 29.2 Å². The van der Waals surface area contributed by atoms with Crippen molar-refractivity contribution in [1.29, 1.82) is 0 Å². The van der Waals surface area contributed by atoms with Gasteiger partial charge in [-0.05, 0) is 25.0 Å². The third-order valence-corrected chi connectivity index (χ3v) is 3.48. The standard InChI is InChI=1S/C11H11FN4S/c12-7-1-4-9(14-5-7)11-16-15-10(17-11)6-13-8-2-3-8/h1,4-5,8,13H,2-3,6H2. The van der Waals surface area contributed by atoms with E-state index in [4.69, 9.17) is 0 Å². The van der Waals surface area contributed by atoms with Crippen LogP contribution in [0, 0.1) is 5.82 Å². The molecular weight excluding hydrogens is 239 g/mol. The van der Waals surface area contributed by atoms with Gasteiger partial charge < -0.3 is 5.32 Å². The summed E-state index contributed by atoms with van der Waals surface area (Å²) in [7, 11) is 0. The quantitative estimate of drug-likeness (QED) is 0.901. The summed E-state index contributed by atoms with van der Waals surface area (Å²) in [6, 6.07) is 3.66. The van der Waals surface area contributed by atoms with Crippen LogP contribution >= 0.6 is 11.3 Å². The maximum absolute atomic E-state index is 12.7. The lowest BCUT2D eigenvalue weighted by atomic mass is 10.4. The van der Waals surface area contributed by atoms with Gasteiger partial charge in [-0.2, -0.15) is 0 Å². The molecule has 88 valence electrons. The van der Waals surface area contributed by atoms with Crippen LogP contribution in [0.5, 0.6) is 0 Å². The molecule has 0 spiro atoms. The van der Waals surface area contributed by atoms with Crippen LogP contribution < -0.4 is 5.32 Å². The summed E-state index contributed by atoms with van der Waals surface area (Å²) < 4.78 is 12.7.